The Bertz CT molecular complexity index is 802. The third-order valence-electron chi connectivity index (χ3n) is 2.81. The van der Waals surface area contributed by atoms with Gasteiger partial charge in [0.1, 0.15) is 5.82 Å². The minimum Gasteiger partial charge on any atom is -0.478 e. The highest BCUT2D eigenvalue weighted by Gasteiger charge is 2.23. The summed E-state index contributed by atoms with van der Waals surface area (Å²) in [5.74, 6) is -2.22. The molecule has 0 aliphatic carbocycles. The highest BCUT2D eigenvalue weighted by atomic mass is 79.9. The Morgan fingerprint density at radius 2 is 1.86 bits per heavy atom. The third-order valence-corrected chi connectivity index (χ3v) is 5.27. The summed E-state index contributed by atoms with van der Waals surface area (Å²) in [5.41, 5.74) is 0.0762. The molecular formula is C14H10BrFO4S. The van der Waals surface area contributed by atoms with Crippen molar-refractivity contribution in [2.75, 3.05) is 0 Å². The van der Waals surface area contributed by atoms with Crippen LogP contribution in [0.4, 0.5) is 4.39 Å². The van der Waals surface area contributed by atoms with Gasteiger partial charge in [-0.1, -0.05) is 34.1 Å². The summed E-state index contributed by atoms with van der Waals surface area (Å²) >= 11 is 3.10. The molecule has 0 radical (unpaired) electrons. The molecule has 0 atom stereocenters. The Hall–Kier alpha value is -1.73. The summed E-state index contributed by atoms with van der Waals surface area (Å²) < 4.78 is 38.1. The number of rotatable bonds is 4. The summed E-state index contributed by atoms with van der Waals surface area (Å²) in [6, 6.07) is 9.05. The van der Waals surface area contributed by atoms with Gasteiger partial charge in [-0.2, -0.15) is 0 Å². The maximum Gasteiger partial charge on any atom is 0.337 e. The first-order chi connectivity index (χ1) is 9.81. The number of sulfone groups is 1. The standard InChI is InChI=1S/C14H10BrFO4S/c15-12-7-10(16)6-5-9(12)8-21(19,20)13-4-2-1-3-11(13)14(17)18/h1-7H,8H2,(H,17,18). The van der Waals surface area contributed by atoms with Gasteiger partial charge >= 0.3 is 5.97 Å². The van der Waals surface area contributed by atoms with E-state index in [9.17, 15) is 17.6 Å². The van der Waals surface area contributed by atoms with Gasteiger partial charge in [0.2, 0.25) is 0 Å². The van der Waals surface area contributed by atoms with E-state index in [0.29, 0.717) is 10.0 Å². The highest BCUT2D eigenvalue weighted by Crippen LogP contribution is 2.25. The van der Waals surface area contributed by atoms with Gasteiger partial charge in [-0.05, 0) is 29.8 Å². The number of carbonyl (C=O) groups is 1. The highest BCUT2D eigenvalue weighted by molar-refractivity contribution is 9.10. The summed E-state index contributed by atoms with van der Waals surface area (Å²) in [5, 5.41) is 9.06. The van der Waals surface area contributed by atoms with E-state index < -0.39 is 27.4 Å². The Balaban J connectivity index is 2.46. The predicted molar refractivity (Wildman–Crippen MR) is 78.4 cm³/mol. The molecule has 2 aromatic carbocycles. The minimum absolute atomic E-state index is 0.256. The van der Waals surface area contributed by atoms with Crippen LogP contribution in [0.5, 0.6) is 0 Å². The Morgan fingerprint density at radius 3 is 2.48 bits per heavy atom. The molecule has 110 valence electrons. The summed E-state index contributed by atoms with van der Waals surface area (Å²) in [4.78, 5) is 10.9. The molecule has 0 spiro atoms. The number of benzene rings is 2. The van der Waals surface area contributed by atoms with E-state index in [-0.39, 0.29) is 10.5 Å². The molecule has 0 saturated carbocycles. The summed E-state index contributed by atoms with van der Waals surface area (Å²) in [6.07, 6.45) is 0. The Labute approximate surface area is 129 Å². The van der Waals surface area contributed by atoms with E-state index in [0.717, 1.165) is 12.1 Å². The van der Waals surface area contributed by atoms with Crippen LogP contribution in [0.1, 0.15) is 15.9 Å². The van der Waals surface area contributed by atoms with E-state index in [1.165, 1.54) is 30.3 Å². The molecule has 21 heavy (non-hydrogen) atoms. The second-order valence-electron chi connectivity index (χ2n) is 4.30. The minimum atomic E-state index is -3.86. The molecule has 0 aliphatic rings. The zero-order valence-corrected chi connectivity index (χ0v) is 13.0. The molecule has 7 heteroatoms. The van der Waals surface area contributed by atoms with Gasteiger partial charge < -0.3 is 5.11 Å². The van der Waals surface area contributed by atoms with Crippen LogP contribution in [-0.2, 0) is 15.6 Å². The van der Waals surface area contributed by atoms with Crippen molar-refractivity contribution in [2.45, 2.75) is 10.6 Å². The van der Waals surface area contributed by atoms with Gasteiger partial charge in [0.05, 0.1) is 16.2 Å². The van der Waals surface area contributed by atoms with Crippen molar-refractivity contribution in [3.8, 4) is 0 Å². The van der Waals surface area contributed by atoms with E-state index in [4.69, 9.17) is 5.11 Å². The second kappa shape index (κ2) is 5.95. The molecule has 4 nitrogen and oxygen atoms in total. The van der Waals surface area contributed by atoms with Crippen molar-refractivity contribution < 1.29 is 22.7 Å². The number of hydrogen-bond acceptors (Lipinski definition) is 3. The monoisotopic (exact) mass is 372 g/mol. The lowest BCUT2D eigenvalue weighted by molar-refractivity contribution is 0.0692. The molecule has 0 unspecified atom stereocenters. The van der Waals surface area contributed by atoms with Gasteiger partial charge in [-0.15, -0.1) is 0 Å². The van der Waals surface area contributed by atoms with Crippen molar-refractivity contribution in [3.63, 3.8) is 0 Å². The zero-order chi connectivity index (χ0) is 15.6. The first-order valence-corrected chi connectivity index (χ1v) is 8.25. The lowest BCUT2D eigenvalue weighted by atomic mass is 10.2. The Kier molecular flexibility index (Phi) is 4.43. The largest absolute Gasteiger partial charge is 0.478 e. The van der Waals surface area contributed by atoms with E-state index in [1.54, 1.807) is 0 Å². The SMILES string of the molecule is O=C(O)c1ccccc1S(=O)(=O)Cc1ccc(F)cc1Br. The number of carboxylic acid groups (broad SMARTS) is 1. The quantitative estimate of drug-likeness (QED) is 0.893. The average molecular weight is 373 g/mol. The van der Waals surface area contributed by atoms with Crippen molar-refractivity contribution in [3.05, 3.63) is 63.9 Å². The third kappa shape index (κ3) is 3.48. The van der Waals surface area contributed by atoms with Crippen LogP contribution in [0.2, 0.25) is 0 Å². The first kappa shape index (κ1) is 15.7. The van der Waals surface area contributed by atoms with Crippen LogP contribution in [0.25, 0.3) is 0 Å². The number of carboxylic acids is 1. The van der Waals surface area contributed by atoms with Crippen LogP contribution in [0, 0.1) is 5.82 Å². The van der Waals surface area contributed by atoms with Crippen LogP contribution in [0.3, 0.4) is 0 Å². The zero-order valence-electron chi connectivity index (χ0n) is 10.6. The van der Waals surface area contributed by atoms with E-state index in [1.807, 2.05) is 0 Å². The fourth-order valence-corrected chi connectivity index (χ4v) is 4.11. The first-order valence-electron chi connectivity index (χ1n) is 5.80. The van der Waals surface area contributed by atoms with Crippen molar-refractivity contribution in [1.82, 2.24) is 0 Å². The number of hydrogen-bond donors (Lipinski definition) is 1. The van der Waals surface area contributed by atoms with E-state index >= 15 is 0 Å². The molecule has 0 saturated heterocycles. The second-order valence-corrected chi connectivity index (χ2v) is 7.11. The summed E-state index contributed by atoms with van der Waals surface area (Å²) in [7, 11) is -3.86. The topological polar surface area (TPSA) is 71.4 Å². The molecule has 0 heterocycles. The van der Waals surface area contributed by atoms with Crippen LogP contribution in [-0.4, -0.2) is 19.5 Å². The fourth-order valence-electron chi connectivity index (χ4n) is 1.84. The van der Waals surface area contributed by atoms with E-state index in [2.05, 4.69) is 15.9 Å². The lowest BCUT2D eigenvalue weighted by Gasteiger charge is -2.09. The molecule has 0 fully saturated rings. The normalized spacial score (nSPS) is 11.3. The maximum atomic E-state index is 13.0. The molecule has 2 rings (SSSR count). The smallest absolute Gasteiger partial charge is 0.337 e. The van der Waals surface area contributed by atoms with Gasteiger partial charge in [0.15, 0.2) is 9.84 Å². The van der Waals surface area contributed by atoms with Crippen LogP contribution >= 0.6 is 15.9 Å². The molecular weight excluding hydrogens is 363 g/mol. The van der Waals surface area contributed by atoms with Crippen molar-refractivity contribution in [2.24, 2.45) is 0 Å². The number of aromatic carboxylic acids is 1. The summed E-state index contributed by atoms with van der Waals surface area (Å²) in [6.45, 7) is 0. The van der Waals surface area contributed by atoms with Crippen LogP contribution < -0.4 is 0 Å². The average Bonchev–Trinajstić information content (AvgIpc) is 2.42. The van der Waals surface area contributed by atoms with Crippen LogP contribution in [0.15, 0.2) is 51.8 Å². The fraction of sp³-hybridized carbons (Fsp3) is 0.0714. The molecule has 0 aliphatic heterocycles. The predicted octanol–water partition coefficient (Wildman–Crippen LogP) is 3.26. The molecule has 2 aromatic rings. The molecule has 1 N–H and O–H groups in total. The molecule has 0 aromatic heterocycles. The number of halogens is 2. The lowest BCUT2D eigenvalue weighted by Crippen LogP contribution is -2.11. The van der Waals surface area contributed by atoms with Crippen molar-refractivity contribution in [1.29, 1.82) is 0 Å². The molecule has 0 amide bonds. The molecule has 0 bridgehead atoms. The van der Waals surface area contributed by atoms with Crippen molar-refractivity contribution >= 4 is 31.7 Å². The van der Waals surface area contributed by atoms with Gasteiger partial charge in [0.25, 0.3) is 0 Å². The van der Waals surface area contributed by atoms with Gasteiger partial charge in [0, 0.05) is 4.47 Å². The van der Waals surface area contributed by atoms with Gasteiger partial charge in [-0.25, -0.2) is 17.6 Å². The Morgan fingerprint density at radius 1 is 1.19 bits per heavy atom. The maximum absolute atomic E-state index is 13.0. The van der Waals surface area contributed by atoms with Gasteiger partial charge in [-0.3, -0.25) is 0 Å².